The highest BCUT2D eigenvalue weighted by atomic mass is 35.5. The normalized spacial score (nSPS) is 10.3. The van der Waals surface area contributed by atoms with E-state index in [0.29, 0.717) is 52.0 Å². The summed E-state index contributed by atoms with van der Waals surface area (Å²) in [7, 11) is 0. The molecule has 0 aromatic heterocycles. The summed E-state index contributed by atoms with van der Waals surface area (Å²) in [6.07, 6.45) is 16.6. The number of rotatable bonds is 24. The van der Waals surface area contributed by atoms with E-state index < -0.39 is 0 Å². The molecule has 7 aromatic rings. The van der Waals surface area contributed by atoms with Crippen LogP contribution in [0.25, 0.3) is 0 Å². The predicted molar refractivity (Wildman–Crippen MR) is 491 cm³/mol. The maximum atomic E-state index is 12.6. The summed E-state index contributed by atoms with van der Waals surface area (Å²) in [5.74, 6) is 0.552. The second kappa shape index (κ2) is 71.6. The van der Waals surface area contributed by atoms with Crippen LogP contribution in [0.4, 0.5) is 44.2 Å². The quantitative estimate of drug-likeness (QED) is 0.0317. The van der Waals surface area contributed by atoms with Crippen molar-refractivity contribution in [1.29, 1.82) is 10.5 Å². The molecule has 8 rings (SSSR count). The zero-order valence-corrected chi connectivity index (χ0v) is 72.4. The number of aliphatic imine (C=N–C) groups is 10. The lowest BCUT2D eigenvalue weighted by Crippen LogP contribution is -2.08. The number of isothiocyanates is 10. The zero-order chi connectivity index (χ0) is 81.5. The number of thiocarbonyl (C=S) groups is 10. The molecule has 109 heavy (non-hydrogen) atoms. The van der Waals surface area contributed by atoms with E-state index >= 15 is 0 Å². The van der Waals surface area contributed by atoms with Crippen molar-refractivity contribution in [3.05, 3.63) is 206 Å². The van der Waals surface area contributed by atoms with Crippen LogP contribution in [0.5, 0.6) is 0 Å². The topological polar surface area (TPSA) is 180 Å². The molecule has 7 aromatic carbocycles. The Morgan fingerprint density at radius 2 is 0.908 bits per heavy atom. The lowest BCUT2D eigenvalue weighted by molar-refractivity contribution is 0.118. The number of hydrogen-bond acceptors (Lipinski definition) is 23. The number of unbranched alkanes of at least 4 members (excludes halogenated alkanes) is 8. The minimum absolute atomic E-state index is 0.234. The number of para-hydroxylation sites is 4. The highest BCUT2D eigenvalue weighted by Crippen LogP contribution is 2.34. The van der Waals surface area contributed by atoms with E-state index in [1.54, 1.807) is 78.9 Å². The SMILES string of the molecule is CC(C)c1cccc(C(C)C)c1N=C=S.CCCCCCCCCN=C=S.CCCCCN=C=S.CCc1ccccc1N=C=S.Cc1cc(N=C=S)ccc1Cl.Cc1cccc(Cl)c1N=C=S.Fc1ccccc1N=C=S.N#Cc1ccc(N=C=S)cc1.N#Cc1cccc(N=C=S)c1.S=C=NCC1CCCO1. The number of halogens is 3. The van der Waals surface area contributed by atoms with Crippen LogP contribution in [0.15, 0.2) is 202 Å². The molecule has 0 amide bonds. The molecule has 0 radical (unpaired) electrons. The highest BCUT2D eigenvalue weighted by molar-refractivity contribution is 7.79. The van der Waals surface area contributed by atoms with Crippen LogP contribution in [-0.4, -0.2) is 84.0 Å². The Morgan fingerprint density at radius 1 is 0.440 bits per heavy atom. The van der Waals surface area contributed by atoms with E-state index in [2.05, 4.69) is 278 Å². The fourth-order valence-corrected chi connectivity index (χ4v) is 10.1. The molecular weight excluding hydrogens is 1590 g/mol. The number of nitrogens with zero attached hydrogens (tertiary/aromatic N) is 12. The first-order chi connectivity index (χ1) is 52.8. The molecule has 0 aliphatic carbocycles. The van der Waals surface area contributed by atoms with Crippen LogP contribution in [0, 0.1) is 42.3 Å². The van der Waals surface area contributed by atoms with Crippen molar-refractivity contribution in [2.24, 2.45) is 49.9 Å². The van der Waals surface area contributed by atoms with E-state index in [0.717, 1.165) is 84.3 Å². The number of hydrogen-bond donors (Lipinski definition) is 0. The van der Waals surface area contributed by atoms with Crippen molar-refractivity contribution < 1.29 is 9.13 Å². The fraction of sp³-hybridized carbons (Fsp3) is 0.349. The second-order valence-corrected chi connectivity index (χ2v) is 25.6. The Kier molecular flexibility index (Phi) is 67.7. The Labute approximate surface area is 708 Å². The average Bonchev–Trinajstić information content (AvgIpc) is 1.26. The van der Waals surface area contributed by atoms with E-state index in [1.165, 1.54) is 86.6 Å². The van der Waals surface area contributed by atoms with Gasteiger partial charge in [0.25, 0.3) is 0 Å². The molecule has 1 saturated heterocycles. The van der Waals surface area contributed by atoms with E-state index in [1.807, 2.05) is 68.5 Å². The smallest absolute Gasteiger partial charge is 0.149 e. The third kappa shape index (κ3) is 52.7. The molecule has 26 heteroatoms. The van der Waals surface area contributed by atoms with E-state index in [4.69, 9.17) is 50.7 Å². The maximum absolute atomic E-state index is 12.6. The lowest BCUT2D eigenvalue weighted by atomic mass is 9.93. The molecule has 1 fully saturated rings. The molecule has 1 aliphatic rings. The van der Waals surface area contributed by atoms with Gasteiger partial charge in [-0.2, -0.15) is 45.5 Å². The molecule has 568 valence electrons. The molecule has 1 aliphatic heterocycles. The third-order valence-electron chi connectivity index (χ3n) is 14.3. The molecule has 1 atom stereocenters. The van der Waals surface area contributed by atoms with Crippen LogP contribution >= 0.6 is 145 Å². The average molecular weight is 1680 g/mol. The highest BCUT2D eigenvalue weighted by Gasteiger charge is 2.14. The van der Waals surface area contributed by atoms with E-state index in [-0.39, 0.29) is 11.5 Å². The summed E-state index contributed by atoms with van der Waals surface area (Å²) in [5, 5.41) is 41.3. The molecule has 1 unspecified atom stereocenters. The summed E-state index contributed by atoms with van der Waals surface area (Å²) in [4.78, 5) is 38.2. The monoisotopic (exact) mass is 1680 g/mol. The Bertz CT molecular complexity index is 4380. The molecule has 13 nitrogen and oxygen atoms in total. The maximum Gasteiger partial charge on any atom is 0.149 e. The van der Waals surface area contributed by atoms with Gasteiger partial charge in [-0.3, -0.25) is 0 Å². The van der Waals surface area contributed by atoms with Crippen molar-refractivity contribution in [3.63, 3.8) is 0 Å². The summed E-state index contributed by atoms with van der Waals surface area (Å²) in [5.41, 5.74) is 12.0. The first-order valence-corrected chi connectivity index (χ1v) is 39.4. The van der Waals surface area contributed by atoms with Gasteiger partial charge < -0.3 is 4.74 Å². The van der Waals surface area contributed by atoms with E-state index in [9.17, 15) is 4.39 Å². The van der Waals surface area contributed by atoms with Crippen molar-refractivity contribution in [1.82, 2.24) is 0 Å². The van der Waals surface area contributed by atoms with Gasteiger partial charge in [0.2, 0.25) is 0 Å². The van der Waals surface area contributed by atoms with Crippen LogP contribution in [-0.2, 0) is 11.2 Å². The van der Waals surface area contributed by atoms with Gasteiger partial charge in [-0.25, -0.2) is 19.4 Å². The fourth-order valence-electron chi connectivity index (χ4n) is 8.78. The number of ether oxygens (including phenoxy) is 1. The third-order valence-corrected chi connectivity index (χ3v) is 16.1. The molecule has 1 heterocycles. The summed E-state index contributed by atoms with van der Waals surface area (Å²) < 4.78 is 17.9. The molecule has 0 spiro atoms. The minimum Gasteiger partial charge on any atom is -0.376 e. The van der Waals surface area contributed by atoms with Crippen LogP contribution < -0.4 is 0 Å². The number of aryl methyl sites for hydroxylation is 3. The first-order valence-electron chi connectivity index (χ1n) is 34.5. The largest absolute Gasteiger partial charge is 0.376 e. The van der Waals surface area contributed by atoms with Crippen molar-refractivity contribution in [2.45, 2.75) is 164 Å². The van der Waals surface area contributed by atoms with Gasteiger partial charge in [0, 0.05) is 24.7 Å². The molecule has 0 bridgehead atoms. The Hall–Kier alpha value is -8.01. The summed E-state index contributed by atoms with van der Waals surface area (Å²) >= 11 is 56.2. The number of nitriles is 2. The summed E-state index contributed by atoms with van der Waals surface area (Å²) in [6.45, 7) is 22.3. The molecule has 0 N–H and O–H groups in total. The lowest BCUT2D eigenvalue weighted by Gasteiger charge is -2.15. The first kappa shape index (κ1) is 103. The standard InChI is InChI=1S/C13H17NS.C10H19NS.C9H9NS.2C8H6ClNS.2C8H4N2S.C7H4FNS.C6H9NOS.C6H11NS/c1-9(2)11-6-5-7-12(10(3)4)13(11)14-8-15;1-2-3-4-5-6-7-8-9-11-10-12;1-2-8-5-3-4-6-9(8)10-7-11;1-6-4-7(10-5-11)2-3-8(6)9;1-6-3-2-4-7(9)8(6)10-5-11;9-5-7-1-3-8(4-2-7)10-6-11;9-5-7-2-1-3-8(4-7)10-6-11;8-6-3-1-2-4-7(6)9-5-10;9-5-7-4-6-2-1-3-8-6;1-2-3-4-5-7-6-8/h5-7,9-10H,1-4H3;2-9H2,1H3;3-6H,2H2,1H3;2*2-4H,1H3;2*1-4H;1-4H;6H,1-4H2;2-5H2,1H3. The van der Waals surface area contributed by atoms with Crippen LogP contribution in [0.2, 0.25) is 10.0 Å². The predicted octanol–water partition coefficient (Wildman–Crippen LogP) is 28.9. The van der Waals surface area contributed by atoms with Crippen LogP contribution in [0.3, 0.4) is 0 Å². The molecule has 0 saturated carbocycles. The van der Waals surface area contributed by atoms with Crippen LogP contribution in [0.1, 0.15) is 176 Å². The number of benzene rings is 7. The van der Waals surface area contributed by atoms with Gasteiger partial charge in [-0.1, -0.05) is 190 Å². The minimum atomic E-state index is -0.375. The summed E-state index contributed by atoms with van der Waals surface area (Å²) in [6, 6.07) is 49.1. The van der Waals surface area contributed by atoms with Gasteiger partial charge >= 0.3 is 0 Å². The van der Waals surface area contributed by atoms with Gasteiger partial charge in [-0.05, 0) is 293 Å². The van der Waals surface area contributed by atoms with Gasteiger partial charge in [0.1, 0.15) is 11.5 Å². The Balaban J connectivity index is 0. The van der Waals surface area contributed by atoms with Crippen molar-refractivity contribution in [2.75, 3.05) is 26.2 Å². The van der Waals surface area contributed by atoms with Crippen molar-refractivity contribution >= 4 is 237 Å². The van der Waals surface area contributed by atoms with Gasteiger partial charge in [-0.15, -0.1) is 0 Å². The second-order valence-electron chi connectivity index (χ2n) is 23.0. The van der Waals surface area contributed by atoms with Gasteiger partial charge in [0.05, 0.1) is 127 Å². The van der Waals surface area contributed by atoms with Crippen molar-refractivity contribution in [3.8, 4) is 12.1 Å². The zero-order valence-electron chi connectivity index (χ0n) is 62.7. The Morgan fingerprint density at radius 3 is 1.40 bits per heavy atom. The van der Waals surface area contributed by atoms with Gasteiger partial charge in [0.15, 0.2) is 0 Å². The molecular formula is C83H89Cl2FN12OS10.